The van der Waals surface area contributed by atoms with Gasteiger partial charge in [-0.05, 0) is 50.9 Å². The Morgan fingerprint density at radius 1 is 1.05 bits per heavy atom. The maximum atomic E-state index is 6.46. The monoisotopic (exact) mass is 287 g/mol. The van der Waals surface area contributed by atoms with Gasteiger partial charge in [-0.25, -0.2) is 0 Å². The largest absolute Gasteiger partial charge is 0.313 e. The van der Waals surface area contributed by atoms with Gasteiger partial charge < -0.3 is 5.32 Å². The molecule has 0 aliphatic carbocycles. The van der Waals surface area contributed by atoms with E-state index in [1.54, 1.807) is 0 Å². The van der Waals surface area contributed by atoms with Crippen LogP contribution in [-0.2, 0) is 6.42 Å². The van der Waals surface area contributed by atoms with Gasteiger partial charge in [0.1, 0.15) is 0 Å². The van der Waals surface area contributed by atoms with Gasteiger partial charge in [0, 0.05) is 11.1 Å². The van der Waals surface area contributed by atoms with Gasteiger partial charge in [0.05, 0.1) is 0 Å². The van der Waals surface area contributed by atoms with Crippen LogP contribution in [-0.4, -0.2) is 7.05 Å². The zero-order chi connectivity index (χ0) is 14.7. The zero-order valence-corrected chi connectivity index (χ0v) is 13.4. The summed E-state index contributed by atoms with van der Waals surface area (Å²) in [5.41, 5.74) is 6.27. The first kappa shape index (κ1) is 15.1. The second-order valence-corrected chi connectivity index (χ2v) is 5.90. The minimum absolute atomic E-state index is 0.239. The van der Waals surface area contributed by atoms with E-state index in [2.05, 4.69) is 62.5 Å². The third-order valence-corrected chi connectivity index (χ3v) is 4.18. The second-order valence-electron chi connectivity index (χ2n) is 5.52. The van der Waals surface area contributed by atoms with Crippen LogP contribution in [0.4, 0.5) is 0 Å². The Morgan fingerprint density at radius 3 is 2.30 bits per heavy atom. The Hall–Kier alpha value is -1.31. The molecule has 2 aromatic rings. The molecule has 1 atom stereocenters. The fraction of sp³-hybridized carbons (Fsp3) is 0.333. The van der Waals surface area contributed by atoms with Gasteiger partial charge in [-0.3, -0.25) is 0 Å². The van der Waals surface area contributed by atoms with E-state index in [4.69, 9.17) is 11.6 Å². The van der Waals surface area contributed by atoms with Crippen LogP contribution in [0.15, 0.2) is 36.4 Å². The molecule has 2 aromatic carbocycles. The van der Waals surface area contributed by atoms with E-state index >= 15 is 0 Å². The van der Waals surface area contributed by atoms with Crippen LogP contribution in [0.3, 0.4) is 0 Å². The Bertz CT molecular complexity index is 584. The highest BCUT2D eigenvalue weighted by atomic mass is 35.5. The van der Waals surface area contributed by atoms with Crippen LogP contribution in [0, 0.1) is 20.8 Å². The Kier molecular flexibility index (Phi) is 4.85. The van der Waals surface area contributed by atoms with E-state index in [0.717, 1.165) is 17.0 Å². The maximum absolute atomic E-state index is 6.46. The highest BCUT2D eigenvalue weighted by Crippen LogP contribution is 2.28. The molecule has 0 aliphatic rings. The maximum Gasteiger partial charge on any atom is 0.0483 e. The van der Waals surface area contributed by atoms with Crippen molar-refractivity contribution in [2.24, 2.45) is 0 Å². The molecule has 1 nitrogen and oxygen atoms in total. The Morgan fingerprint density at radius 2 is 1.70 bits per heavy atom. The third-order valence-electron chi connectivity index (χ3n) is 3.67. The normalized spacial score (nSPS) is 12.4. The van der Waals surface area contributed by atoms with E-state index < -0.39 is 0 Å². The van der Waals surface area contributed by atoms with Crippen molar-refractivity contribution in [3.63, 3.8) is 0 Å². The summed E-state index contributed by atoms with van der Waals surface area (Å²) >= 11 is 6.46. The van der Waals surface area contributed by atoms with Crippen molar-refractivity contribution >= 4 is 11.6 Å². The minimum atomic E-state index is 0.239. The molecule has 0 bridgehead atoms. The van der Waals surface area contributed by atoms with E-state index in [1.165, 1.54) is 22.3 Å². The first-order valence-electron chi connectivity index (χ1n) is 7.00. The third kappa shape index (κ3) is 3.41. The van der Waals surface area contributed by atoms with Gasteiger partial charge in [-0.1, -0.05) is 59.1 Å². The quantitative estimate of drug-likeness (QED) is 0.854. The summed E-state index contributed by atoms with van der Waals surface area (Å²) in [5, 5.41) is 4.26. The molecule has 20 heavy (non-hydrogen) atoms. The standard InChI is InChI=1S/C18H22ClN/c1-12-8-13(2)10-15(9-12)11-17(20-4)16-7-5-6-14(3)18(16)19/h5-10,17,20H,11H2,1-4H3. The Balaban J connectivity index is 2.31. The summed E-state index contributed by atoms with van der Waals surface area (Å²) in [6.07, 6.45) is 0.947. The predicted molar refractivity (Wildman–Crippen MR) is 87.6 cm³/mol. The SMILES string of the molecule is CNC(Cc1cc(C)cc(C)c1)c1cccc(C)c1Cl. The van der Waals surface area contributed by atoms with Crippen molar-refractivity contribution in [1.82, 2.24) is 5.32 Å². The molecule has 2 rings (SSSR count). The average molecular weight is 288 g/mol. The molecule has 2 heteroatoms. The fourth-order valence-electron chi connectivity index (χ4n) is 2.73. The molecule has 0 radical (unpaired) electrons. The molecular weight excluding hydrogens is 266 g/mol. The summed E-state index contributed by atoms with van der Waals surface area (Å²) in [6.45, 7) is 6.34. The number of hydrogen-bond donors (Lipinski definition) is 1. The topological polar surface area (TPSA) is 12.0 Å². The summed E-state index contributed by atoms with van der Waals surface area (Å²) in [6, 6.07) is 13.2. The van der Waals surface area contributed by atoms with Crippen molar-refractivity contribution in [1.29, 1.82) is 0 Å². The number of halogens is 1. The molecule has 0 saturated carbocycles. The number of nitrogens with one attached hydrogen (secondary N) is 1. The molecule has 0 fully saturated rings. The van der Waals surface area contributed by atoms with Crippen molar-refractivity contribution in [3.05, 3.63) is 69.2 Å². The number of aryl methyl sites for hydroxylation is 3. The van der Waals surface area contributed by atoms with Crippen molar-refractivity contribution in [2.75, 3.05) is 7.05 Å². The van der Waals surface area contributed by atoms with Gasteiger partial charge >= 0.3 is 0 Å². The average Bonchev–Trinajstić information content (AvgIpc) is 2.38. The molecule has 1 unspecified atom stereocenters. The second kappa shape index (κ2) is 6.43. The lowest BCUT2D eigenvalue weighted by molar-refractivity contribution is 0.591. The van der Waals surface area contributed by atoms with Gasteiger partial charge in [0.2, 0.25) is 0 Å². The lowest BCUT2D eigenvalue weighted by Crippen LogP contribution is -2.19. The van der Waals surface area contributed by atoms with E-state index in [0.29, 0.717) is 0 Å². The van der Waals surface area contributed by atoms with Crippen LogP contribution in [0.1, 0.15) is 33.9 Å². The molecule has 0 saturated heterocycles. The highest BCUT2D eigenvalue weighted by molar-refractivity contribution is 6.32. The smallest absolute Gasteiger partial charge is 0.0483 e. The van der Waals surface area contributed by atoms with Crippen LogP contribution in [0.2, 0.25) is 5.02 Å². The minimum Gasteiger partial charge on any atom is -0.313 e. The first-order chi connectivity index (χ1) is 9.51. The van der Waals surface area contributed by atoms with E-state index in [-0.39, 0.29) is 6.04 Å². The highest BCUT2D eigenvalue weighted by Gasteiger charge is 2.14. The van der Waals surface area contributed by atoms with Gasteiger partial charge in [-0.2, -0.15) is 0 Å². The summed E-state index contributed by atoms with van der Waals surface area (Å²) in [5.74, 6) is 0. The summed E-state index contributed by atoms with van der Waals surface area (Å²) in [4.78, 5) is 0. The number of hydrogen-bond acceptors (Lipinski definition) is 1. The van der Waals surface area contributed by atoms with Crippen LogP contribution >= 0.6 is 11.6 Å². The van der Waals surface area contributed by atoms with E-state index in [9.17, 15) is 0 Å². The predicted octanol–water partition coefficient (Wildman–Crippen LogP) is 4.77. The zero-order valence-electron chi connectivity index (χ0n) is 12.6. The summed E-state index contributed by atoms with van der Waals surface area (Å²) in [7, 11) is 1.99. The lowest BCUT2D eigenvalue weighted by atomic mass is 9.95. The fourth-order valence-corrected chi connectivity index (χ4v) is 2.99. The number of benzene rings is 2. The molecule has 0 heterocycles. The molecule has 106 valence electrons. The lowest BCUT2D eigenvalue weighted by Gasteiger charge is -2.19. The van der Waals surface area contributed by atoms with Gasteiger partial charge in [0.25, 0.3) is 0 Å². The van der Waals surface area contributed by atoms with Crippen LogP contribution < -0.4 is 5.32 Å². The van der Waals surface area contributed by atoms with E-state index in [1.807, 2.05) is 7.05 Å². The molecule has 1 N–H and O–H groups in total. The van der Waals surface area contributed by atoms with Crippen LogP contribution in [0.25, 0.3) is 0 Å². The van der Waals surface area contributed by atoms with Gasteiger partial charge in [-0.15, -0.1) is 0 Å². The summed E-state index contributed by atoms with van der Waals surface area (Å²) < 4.78 is 0. The molecule has 0 spiro atoms. The Labute approximate surface area is 127 Å². The molecule has 0 amide bonds. The molecular formula is C18H22ClN. The molecule has 0 aliphatic heterocycles. The van der Waals surface area contributed by atoms with Gasteiger partial charge in [0.15, 0.2) is 0 Å². The van der Waals surface area contributed by atoms with Crippen LogP contribution in [0.5, 0.6) is 0 Å². The van der Waals surface area contributed by atoms with Crippen molar-refractivity contribution in [2.45, 2.75) is 33.2 Å². The number of rotatable bonds is 4. The van der Waals surface area contributed by atoms with Crippen molar-refractivity contribution in [3.8, 4) is 0 Å². The van der Waals surface area contributed by atoms with Crippen molar-refractivity contribution < 1.29 is 0 Å². The molecule has 0 aromatic heterocycles. The first-order valence-corrected chi connectivity index (χ1v) is 7.38. The number of likely N-dealkylation sites (N-methyl/N-ethyl adjacent to an activating group) is 1.